The van der Waals surface area contributed by atoms with E-state index in [0.29, 0.717) is 24.3 Å². The van der Waals surface area contributed by atoms with Crippen molar-refractivity contribution in [2.45, 2.75) is 44.3 Å². The van der Waals surface area contributed by atoms with Crippen molar-refractivity contribution < 1.29 is 18.0 Å². The second-order valence-corrected chi connectivity index (χ2v) is 5.78. The van der Waals surface area contributed by atoms with Gasteiger partial charge in [0.25, 0.3) is 0 Å². The van der Waals surface area contributed by atoms with Gasteiger partial charge in [-0.05, 0) is 30.9 Å². The Labute approximate surface area is 132 Å². The number of nitrogens with one attached hydrogen (secondary N) is 1. The molecule has 0 aromatic heterocycles. The third-order valence-corrected chi connectivity index (χ3v) is 4.10. The van der Waals surface area contributed by atoms with Crippen LogP contribution in [-0.2, 0) is 11.2 Å². The molecule has 1 heterocycles. The number of rotatable bonds is 6. The molecule has 1 aliphatic rings. The molecule has 1 aromatic rings. The van der Waals surface area contributed by atoms with Crippen LogP contribution in [0.5, 0.6) is 0 Å². The molecule has 0 radical (unpaired) electrons. The van der Waals surface area contributed by atoms with Crippen LogP contribution in [0.2, 0.25) is 5.02 Å². The lowest BCUT2D eigenvalue weighted by Gasteiger charge is -2.28. The van der Waals surface area contributed by atoms with Crippen LogP contribution in [0.25, 0.3) is 0 Å². The third kappa shape index (κ3) is 4.61. The van der Waals surface area contributed by atoms with E-state index in [9.17, 15) is 18.0 Å². The smallest absolute Gasteiger partial charge is 0.288 e. The number of hydrazine groups is 1. The molecule has 7 heteroatoms. The Morgan fingerprint density at radius 1 is 1.27 bits per heavy atom. The predicted molar refractivity (Wildman–Crippen MR) is 78.3 cm³/mol. The second-order valence-electron chi connectivity index (χ2n) is 5.37. The molecule has 0 saturated carbocycles. The summed E-state index contributed by atoms with van der Waals surface area (Å²) in [5, 5.41) is 1.65. The van der Waals surface area contributed by atoms with Crippen molar-refractivity contribution in [1.82, 2.24) is 10.4 Å². The van der Waals surface area contributed by atoms with Crippen LogP contribution in [-0.4, -0.2) is 29.7 Å². The lowest BCUT2D eigenvalue weighted by atomic mass is 10.0. The van der Waals surface area contributed by atoms with Crippen LogP contribution in [0, 0.1) is 0 Å². The highest BCUT2D eigenvalue weighted by Crippen LogP contribution is 2.29. The first-order chi connectivity index (χ1) is 10.4. The van der Waals surface area contributed by atoms with E-state index in [1.807, 2.05) is 18.2 Å². The topological polar surface area (TPSA) is 32.3 Å². The van der Waals surface area contributed by atoms with E-state index in [1.165, 1.54) is 0 Å². The van der Waals surface area contributed by atoms with Gasteiger partial charge in [-0.15, -0.1) is 0 Å². The van der Waals surface area contributed by atoms with Crippen molar-refractivity contribution in [3.8, 4) is 0 Å². The predicted octanol–water partition coefficient (Wildman–Crippen LogP) is 3.72. The Balaban J connectivity index is 1.84. The number of alkyl halides is 3. The van der Waals surface area contributed by atoms with Gasteiger partial charge in [-0.2, -0.15) is 13.2 Å². The van der Waals surface area contributed by atoms with Gasteiger partial charge in [-0.25, -0.2) is 5.01 Å². The maximum absolute atomic E-state index is 13.1. The van der Waals surface area contributed by atoms with E-state index < -0.39 is 12.2 Å². The summed E-state index contributed by atoms with van der Waals surface area (Å²) in [6, 6.07) is 5.71. The SMILES string of the molecule is O=C1CCN([C@@H](CCCCc2ccccc2Cl)C(F)(F)F)N1. The minimum Gasteiger partial charge on any atom is -0.288 e. The quantitative estimate of drug-likeness (QED) is 0.804. The van der Waals surface area contributed by atoms with Gasteiger partial charge in [0, 0.05) is 18.0 Å². The highest BCUT2D eigenvalue weighted by atomic mass is 35.5. The normalized spacial score (nSPS) is 17.5. The molecule has 0 bridgehead atoms. The lowest BCUT2D eigenvalue weighted by Crippen LogP contribution is -2.49. The number of carbonyl (C=O) groups is 1. The molecule has 0 spiro atoms. The molecule has 2 rings (SSSR count). The summed E-state index contributed by atoms with van der Waals surface area (Å²) >= 11 is 6.02. The van der Waals surface area contributed by atoms with E-state index in [-0.39, 0.29) is 25.3 Å². The molecule has 1 fully saturated rings. The first-order valence-electron chi connectivity index (χ1n) is 7.24. The van der Waals surface area contributed by atoms with E-state index in [2.05, 4.69) is 5.43 Å². The van der Waals surface area contributed by atoms with Crippen molar-refractivity contribution in [2.24, 2.45) is 0 Å². The fraction of sp³-hybridized carbons (Fsp3) is 0.533. The number of hydrogen-bond donors (Lipinski definition) is 1. The molecule has 0 unspecified atom stereocenters. The van der Waals surface area contributed by atoms with Gasteiger partial charge in [0.1, 0.15) is 6.04 Å². The van der Waals surface area contributed by atoms with Crippen molar-refractivity contribution >= 4 is 17.5 Å². The highest BCUT2D eigenvalue weighted by Gasteiger charge is 2.45. The van der Waals surface area contributed by atoms with E-state index in [0.717, 1.165) is 10.6 Å². The first-order valence-corrected chi connectivity index (χ1v) is 7.62. The summed E-state index contributed by atoms with van der Waals surface area (Å²) in [4.78, 5) is 11.1. The summed E-state index contributed by atoms with van der Waals surface area (Å²) in [6.45, 7) is 0.105. The maximum Gasteiger partial charge on any atom is 0.405 e. The number of aryl methyl sites for hydroxylation is 1. The summed E-state index contributed by atoms with van der Waals surface area (Å²) in [7, 11) is 0. The zero-order valence-corrected chi connectivity index (χ0v) is 12.8. The van der Waals surface area contributed by atoms with Crippen LogP contribution in [0.15, 0.2) is 24.3 Å². The fourth-order valence-electron chi connectivity index (χ4n) is 2.58. The van der Waals surface area contributed by atoms with Crippen molar-refractivity contribution in [3.63, 3.8) is 0 Å². The number of unbranched alkanes of at least 4 members (excludes halogenated alkanes) is 1. The molecule has 1 atom stereocenters. The Kier molecular flexibility index (Phi) is 5.69. The molecule has 1 N–H and O–H groups in total. The zero-order chi connectivity index (χ0) is 16.2. The number of nitrogens with zero attached hydrogens (tertiary/aromatic N) is 1. The number of benzene rings is 1. The van der Waals surface area contributed by atoms with Crippen molar-refractivity contribution in [1.29, 1.82) is 0 Å². The minimum absolute atomic E-state index is 0.0335. The van der Waals surface area contributed by atoms with E-state index in [4.69, 9.17) is 11.6 Å². The summed E-state index contributed by atoms with van der Waals surface area (Å²) in [5.74, 6) is -0.356. The van der Waals surface area contributed by atoms with Crippen LogP contribution in [0.4, 0.5) is 13.2 Å². The second kappa shape index (κ2) is 7.33. The molecular weight excluding hydrogens is 317 g/mol. The molecule has 0 aliphatic carbocycles. The summed E-state index contributed by atoms with van der Waals surface area (Å²) in [6.07, 6.45) is -2.57. The summed E-state index contributed by atoms with van der Waals surface area (Å²) < 4.78 is 39.3. The molecule has 122 valence electrons. The summed E-state index contributed by atoms with van der Waals surface area (Å²) in [5.41, 5.74) is 3.23. The van der Waals surface area contributed by atoms with Crippen molar-refractivity contribution in [3.05, 3.63) is 34.9 Å². The van der Waals surface area contributed by atoms with E-state index >= 15 is 0 Å². The van der Waals surface area contributed by atoms with Gasteiger partial charge in [0.15, 0.2) is 0 Å². The molecule has 3 nitrogen and oxygen atoms in total. The largest absolute Gasteiger partial charge is 0.405 e. The Hall–Kier alpha value is -1.27. The number of amides is 1. The molecule has 1 saturated heterocycles. The average Bonchev–Trinajstić information content (AvgIpc) is 2.85. The standard InChI is InChI=1S/C15H18ClF3N2O/c16-12-7-3-1-5-11(12)6-2-4-8-13(15(17,18)19)21-10-9-14(22)20-21/h1,3,5,7,13H,2,4,6,8-10H2,(H,20,22)/t13-/m0/s1. The molecular formula is C15H18ClF3N2O. The fourth-order valence-corrected chi connectivity index (χ4v) is 2.81. The first kappa shape index (κ1) is 17.1. The minimum atomic E-state index is -4.35. The zero-order valence-electron chi connectivity index (χ0n) is 12.0. The molecule has 1 amide bonds. The lowest BCUT2D eigenvalue weighted by molar-refractivity contribution is -0.190. The molecule has 22 heavy (non-hydrogen) atoms. The van der Waals surface area contributed by atoms with Gasteiger partial charge in [-0.1, -0.05) is 36.2 Å². The average molecular weight is 335 g/mol. The Bertz CT molecular complexity index is 522. The van der Waals surface area contributed by atoms with Crippen LogP contribution in [0.1, 0.15) is 31.2 Å². The van der Waals surface area contributed by atoms with E-state index in [1.54, 1.807) is 6.07 Å². The molecule has 1 aliphatic heterocycles. The highest BCUT2D eigenvalue weighted by molar-refractivity contribution is 6.31. The van der Waals surface area contributed by atoms with Gasteiger partial charge < -0.3 is 0 Å². The Morgan fingerprint density at radius 2 is 2.00 bits per heavy atom. The number of hydrogen-bond acceptors (Lipinski definition) is 2. The van der Waals surface area contributed by atoms with Crippen molar-refractivity contribution in [2.75, 3.05) is 6.54 Å². The third-order valence-electron chi connectivity index (χ3n) is 3.73. The molecule has 1 aromatic carbocycles. The van der Waals surface area contributed by atoms with Gasteiger partial charge in [0.2, 0.25) is 5.91 Å². The monoisotopic (exact) mass is 334 g/mol. The van der Waals surface area contributed by atoms with Gasteiger partial charge >= 0.3 is 6.18 Å². The van der Waals surface area contributed by atoms with Gasteiger partial charge in [-0.3, -0.25) is 10.2 Å². The van der Waals surface area contributed by atoms with Crippen LogP contribution in [0.3, 0.4) is 0 Å². The van der Waals surface area contributed by atoms with Gasteiger partial charge in [0.05, 0.1) is 0 Å². The van der Waals surface area contributed by atoms with Crippen LogP contribution < -0.4 is 5.43 Å². The number of halogens is 4. The van der Waals surface area contributed by atoms with Crippen LogP contribution >= 0.6 is 11.6 Å². The maximum atomic E-state index is 13.1. The number of carbonyl (C=O) groups excluding carboxylic acids is 1. The Morgan fingerprint density at radius 3 is 2.59 bits per heavy atom.